The first kappa shape index (κ1) is 14.0. The summed E-state index contributed by atoms with van der Waals surface area (Å²) >= 11 is 5.67. The van der Waals surface area contributed by atoms with Crippen molar-refractivity contribution in [2.24, 2.45) is 0 Å². The molecule has 0 N–H and O–H groups in total. The van der Waals surface area contributed by atoms with Crippen molar-refractivity contribution < 1.29 is 9.66 Å². The fourth-order valence-corrected chi connectivity index (χ4v) is 2.25. The van der Waals surface area contributed by atoms with E-state index in [2.05, 4.69) is 14.9 Å². The highest BCUT2D eigenvalue weighted by molar-refractivity contribution is 6.31. The van der Waals surface area contributed by atoms with Gasteiger partial charge in [0.1, 0.15) is 12.9 Å². The second-order valence-electron chi connectivity index (χ2n) is 4.33. The molecule has 1 aliphatic heterocycles. The highest BCUT2D eigenvalue weighted by Gasteiger charge is 2.23. The molecule has 7 nitrogen and oxygen atoms in total. The van der Waals surface area contributed by atoms with E-state index in [1.165, 1.54) is 19.3 Å². The molecule has 0 spiro atoms. The normalized spacial score (nSPS) is 16.3. The Morgan fingerprint density at radius 2 is 2.11 bits per heavy atom. The smallest absolute Gasteiger partial charge is 0.367 e. The number of ether oxygens (including phenoxy) is 1. The second-order valence-corrected chi connectivity index (χ2v) is 4.68. The van der Waals surface area contributed by atoms with Crippen LogP contribution >= 0.6 is 11.6 Å². The third kappa shape index (κ3) is 3.74. The van der Waals surface area contributed by atoms with Gasteiger partial charge in [0, 0.05) is 6.54 Å². The van der Waals surface area contributed by atoms with E-state index in [1.807, 2.05) is 0 Å². The Kier molecular flexibility index (Phi) is 4.86. The zero-order chi connectivity index (χ0) is 13.7. The fourth-order valence-electron chi connectivity index (χ4n) is 2.06. The van der Waals surface area contributed by atoms with Gasteiger partial charge in [0.25, 0.3) is 5.88 Å². The van der Waals surface area contributed by atoms with Gasteiger partial charge in [-0.05, 0) is 25.9 Å². The Bertz CT molecular complexity index is 452. The van der Waals surface area contributed by atoms with Gasteiger partial charge < -0.3 is 4.74 Å². The Morgan fingerprint density at radius 3 is 2.79 bits per heavy atom. The zero-order valence-corrected chi connectivity index (χ0v) is 11.2. The molecule has 0 bridgehead atoms. The molecule has 1 aromatic heterocycles. The van der Waals surface area contributed by atoms with E-state index in [-0.39, 0.29) is 16.7 Å². The Morgan fingerprint density at radius 1 is 1.37 bits per heavy atom. The zero-order valence-electron chi connectivity index (χ0n) is 10.4. The fraction of sp³-hybridized carbons (Fsp3) is 0.636. The monoisotopic (exact) mass is 286 g/mol. The highest BCUT2D eigenvalue weighted by atomic mass is 35.5. The van der Waals surface area contributed by atoms with E-state index in [0.717, 1.165) is 26.0 Å². The first-order valence-electron chi connectivity index (χ1n) is 6.18. The van der Waals surface area contributed by atoms with Crippen molar-refractivity contribution in [1.82, 2.24) is 14.9 Å². The number of hydrogen-bond donors (Lipinski definition) is 0. The predicted molar refractivity (Wildman–Crippen MR) is 69.5 cm³/mol. The van der Waals surface area contributed by atoms with Crippen LogP contribution in [0.1, 0.15) is 19.3 Å². The molecular weight excluding hydrogens is 272 g/mol. The van der Waals surface area contributed by atoms with Gasteiger partial charge >= 0.3 is 5.69 Å². The van der Waals surface area contributed by atoms with Crippen molar-refractivity contribution in [2.75, 3.05) is 26.2 Å². The maximum Gasteiger partial charge on any atom is 0.367 e. The van der Waals surface area contributed by atoms with Crippen LogP contribution in [-0.2, 0) is 0 Å². The van der Waals surface area contributed by atoms with E-state index in [9.17, 15) is 10.1 Å². The molecule has 19 heavy (non-hydrogen) atoms. The molecule has 0 aromatic carbocycles. The first-order valence-corrected chi connectivity index (χ1v) is 6.56. The van der Waals surface area contributed by atoms with Crippen LogP contribution in [0.3, 0.4) is 0 Å². The number of nitrogens with zero attached hydrogens (tertiary/aromatic N) is 4. The minimum absolute atomic E-state index is 0.0676. The predicted octanol–water partition coefficient (Wildman–Crippen LogP) is 1.90. The summed E-state index contributed by atoms with van der Waals surface area (Å²) in [4.78, 5) is 19.9. The van der Waals surface area contributed by atoms with Crippen LogP contribution < -0.4 is 4.74 Å². The average molecular weight is 287 g/mol. The van der Waals surface area contributed by atoms with Gasteiger partial charge in [-0.1, -0.05) is 18.0 Å². The van der Waals surface area contributed by atoms with Crippen molar-refractivity contribution in [3.63, 3.8) is 0 Å². The van der Waals surface area contributed by atoms with E-state index in [1.54, 1.807) is 0 Å². The molecule has 0 atom stereocenters. The lowest BCUT2D eigenvalue weighted by molar-refractivity contribution is -0.386. The number of hydrogen-bond acceptors (Lipinski definition) is 6. The van der Waals surface area contributed by atoms with Gasteiger partial charge in [-0.15, -0.1) is 0 Å². The molecule has 1 fully saturated rings. The van der Waals surface area contributed by atoms with Crippen LogP contribution in [0.4, 0.5) is 5.69 Å². The van der Waals surface area contributed by atoms with Gasteiger partial charge in [-0.25, -0.2) is 4.98 Å². The quantitative estimate of drug-likeness (QED) is 0.467. The van der Waals surface area contributed by atoms with Crippen molar-refractivity contribution in [3.8, 4) is 5.88 Å². The van der Waals surface area contributed by atoms with Gasteiger partial charge in [0.2, 0.25) is 5.15 Å². The molecule has 1 saturated heterocycles. The summed E-state index contributed by atoms with van der Waals surface area (Å²) in [6.45, 7) is 3.19. The molecule has 1 aliphatic rings. The van der Waals surface area contributed by atoms with E-state index >= 15 is 0 Å². The van der Waals surface area contributed by atoms with Crippen LogP contribution in [0, 0.1) is 10.1 Å². The minimum Gasteiger partial charge on any atom is -0.471 e. The molecule has 2 heterocycles. The largest absolute Gasteiger partial charge is 0.471 e. The van der Waals surface area contributed by atoms with Gasteiger partial charge in [0.15, 0.2) is 0 Å². The van der Waals surface area contributed by atoms with E-state index in [0.29, 0.717) is 6.61 Å². The average Bonchev–Trinajstić information content (AvgIpc) is 2.39. The van der Waals surface area contributed by atoms with E-state index < -0.39 is 4.92 Å². The van der Waals surface area contributed by atoms with Crippen LogP contribution in [-0.4, -0.2) is 46.0 Å². The summed E-state index contributed by atoms with van der Waals surface area (Å²) in [6, 6.07) is 0. The third-order valence-corrected chi connectivity index (χ3v) is 3.30. The van der Waals surface area contributed by atoms with Crippen LogP contribution in [0.2, 0.25) is 5.15 Å². The summed E-state index contributed by atoms with van der Waals surface area (Å²) in [5, 5.41) is 10.7. The van der Waals surface area contributed by atoms with Gasteiger partial charge in [0.05, 0.1) is 4.92 Å². The number of halogens is 1. The second kappa shape index (κ2) is 6.63. The molecule has 0 radical (unpaired) electrons. The van der Waals surface area contributed by atoms with Crippen molar-refractivity contribution in [2.45, 2.75) is 19.3 Å². The van der Waals surface area contributed by atoms with Gasteiger partial charge in [-0.3, -0.25) is 15.0 Å². The molecule has 0 saturated carbocycles. The Hall–Kier alpha value is -1.47. The molecule has 1 aromatic rings. The molecule has 0 unspecified atom stereocenters. The standard InChI is InChI=1S/C11H15ClN4O3/c12-10-9(16(17)18)11(14-8-13-10)19-7-6-15-4-2-1-3-5-15/h8H,1-7H2. The lowest BCUT2D eigenvalue weighted by atomic mass is 10.1. The topological polar surface area (TPSA) is 81.4 Å². The molecule has 2 rings (SSSR count). The number of piperidine rings is 1. The summed E-state index contributed by atoms with van der Waals surface area (Å²) < 4.78 is 5.36. The van der Waals surface area contributed by atoms with Crippen LogP contribution in [0.15, 0.2) is 6.33 Å². The first-order chi connectivity index (χ1) is 9.18. The Labute approximate surface area is 115 Å². The van der Waals surface area contributed by atoms with Crippen molar-refractivity contribution in [3.05, 3.63) is 21.6 Å². The number of aromatic nitrogens is 2. The highest BCUT2D eigenvalue weighted by Crippen LogP contribution is 2.30. The number of nitro groups is 1. The summed E-state index contributed by atoms with van der Waals surface area (Å²) in [5.41, 5.74) is -0.372. The third-order valence-electron chi connectivity index (χ3n) is 3.02. The summed E-state index contributed by atoms with van der Waals surface area (Å²) in [6.07, 6.45) is 4.81. The van der Waals surface area contributed by atoms with Crippen molar-refractivity contribution >= 4 is 17.3 Å². The minimum atomic E-state index is -0.626. The van der Waals surface area contributed by atoms with Crippen LogP contribution in [0.25, 0.3) is 0 Å². The lowest BCUT2D eigenvalue weighted by Gasteiger charge is -2.25. The maximum atomic E-state index is 10.9. The summed E-state index contributed by atoms with van der Waals surface area (Å²) in [7, 11) is 0. The number of likely N-dealkylation sites (tertiary alicyclic amines) is 1. The maximum absolute atomic E-state index is 10.9. The Balaban J connectivity index is 1.92. The van der Waals surface area contributed by atoms with Crippen molar-refractivity contribution in [1.29, 1.82) is 0 Å². The molecular formula is C11H15ClN4O3. The molecule has 0 aliphatic carbocycles. The summed E-state index contributed by atoms with van der Waals surface area (Å²) in [5.74, 6) is -0.0676. The lowest BCUT2D eigenvalue weighted by Crippen LogP contribution is -2.33. The van der Waals surface area contributed by atoms with E-state index in [4.69, 9.17) is 16.3 Å². The van der Waals surface area contributed by atoms with Crippen LogP contribution in [0.5, 0.6) is 5.88 Å². The molecule has 104 valence electrons. The molecule has 8 heteroatoms. The molecule has 0 amide bonds. The SMILES string of the molecule is O=[N+]([O-])c1c(Cl)ncnc1OCCN1CCCCC1. The van der Waals surface area contributed by atoms with Gasteiger partial charge in [-0.2, -0.15) is 4.98 Å². The number of rotatable bonds is 5.